The molecular weight excluding hydrogens is 651 g/mol. The van der Waals surface area contributed by atoms with Gasteiger partial charge in [-0.2, -0.15) is 13.2 Å². The summed E-state index contributed by atoms with van der Waals surface area (Å²) in [6.07, 6.45) is -4.42. The van der Waals surface area contributed by atoms with Crippen LogP contribution < -0.4 is 10.3 Å². The van der Waals surface area contributed by atoms with Crippen LogP contribution in [-0.2, 0) is 29.7 Å². The minimum Gasteiger partial charge on any atom is -0.507 e. The summed E-state index contributed by atoms with van der Waals surface area (Å²) >= 11 is 0. The van der Waals surface area contributed by atoms with Gasteiger partial charge in [0.1, 0.15) is 5.75 Å². The Hall–Kier alpha value is -5.39. The fraction of sp³-hybridized carbons (Fsp3) is 0.132. The maximum atomic E-state index is 14.1. The lowest BCUT2D eigenvalue weighted by Crippen LogP contribution is -2.27. The largest absolute Gasteiger partial charge is 0.507 e. The zero-order valence-corrected chi connectivity index (χ0v) is 26.9. The van der Waals surface area contributed by atoms with Crippen LogP contribution >= 0.6 is 0 Å². The van der Waals surface area contributed by atoms with Gasteiger partial charge in [0.05, 0.1) is 27.5 Å². The van der Waals surface area contributed by atoms with Gasteiger partial charge in [0, 0.05) is 35.6 Å². The summed E-state index contributed by atoms with van der Waals surface area (Å²) in [5, 5.41) is 14.5. The van der Waals surface area contributed by atoms with Crippen molar-refractivity contribution in [1.29, 1.82) is 0 Å². The molecule has 2 aromatic heterocycles. The molecule has 0 aliphatic rings. The van der Waals surface area contributed by atoms with Crippen molar-refractivity contribution in [2.24, 2.45) is 7.05 Å². The number of halogens is 3. The molecule has 7 rings (SSSR count). The molecule has 5 aromatic carbocycles. The number of hydrogen-bond donors (Lipinski definition) is 3. The standard InChI is InChI=1S/C38H30F3N3O4S/c1-44-32-13-7-5-11-30(32)36(45)34(37(44)46)33(24-14-17-26(18-15-24)38(39,40)41)35-29(28-10-4-6-12-31(28)43-35)20-21-42-49(47,48)27-19-16-23-8-2-3-9-25(23)22-27/h2-19,22,33,42-43,45H,20-21H2,1H3. The highest BCUT2D eigenvalue weighted by atomic mass is 32.2. The van der Waals surface area contributed by atoms with Crippen molar-refractivity contribution in [2.75, 3.05) is 6.54 Å². The lowest BCUT2D eigenvalue weighted by Gasteiger charge is -2.22. The van der Waals surface area contributed by atoms with Gasteiger partial charge in [0.2, 0.25) is 10.0 Å². The van der Waals surface area contributed by atoms with Gasteiger partial charge in [0.25, 0.3) is 5.56 Å². The average molecular weight is 682 g/mol. The molecule has 0 spiro atoms. The molecule has 0 fully saturated rings. The molecule has 0 saturated carbocycles. The van der Waals surface area contributed by atoms with E-state index < -0.39 is 33.2 Å². The Labute approximate surface area is 279 Å². The number of benzene rings is 5. The van der Waals surface area contributed by atoms with E-state index in [4.69, 9.17) is 0 Å². The number of aromatic hydroxyl groups is 1. The molecule has 1 atom stereocenters. The zero-order chi connectivity index (χ0) is 34.5. The number of alkyl halides is 3. The van der Waals surface area contributed by atoms with Gasteiger partial charge in [-0.25, -0.2) is 13.1 Å². The zero-order valence-electron chi connectivity index (χ0n) is 26.1. The minimum atomic E-state index is -4.58. The maximum Gasteiger partial charge on any atom is 0.416 e. The van der Waals surface area contributed by atoms with Crippen LogP contribution in [0, 0.1) is 0 Å². The summed E-state index contributed by atoms with van der Waals surface area (Å²) in [6, 6.07) is 31.0. The van der Waals surface area contributed by atoms with Crippen molar-refractivity contribution in [1.82, 2.24) is 14.3 Å². The van der Waals surface area contributed by atoms with Gasteiger partial charge < -0.3 is 14.7 Å². The Morgan fingerprint density at radius 1 is 0.837 bits per heavy atom. The van der Waals surface area contributed by atoms with Crippen LogP contribution in [-0.4, -0.2) is 29.6 Å². The van der Waals surface area contributed by atoms with Gasteiger partial charge in [-0.1, -0.05) is 72.8 Å². The predicted octanol–water partition coefficient (Wildman–Crippen LogP) is 7.60. The van der Waals surface area contributed by atoms with Crippen LogP contribution in [0.3, 0.4) is 0 Å². The van der Waals surface area contributed by atoms with E-state index in [0.29, 0.717) is 33.2 Å². The first-order valence-electron chi connectivity index (χ1n) is 15.5. The van der Waals surface area contributed by atoms with E-state index in [9.17, 15) is 31.5 Å². The maximum absolute atomic E-state index is 14.1. The minimum absolute atomic E-state index is 0.0224. The molecule has 0 aliphatic carbocycles. The van der Waals surface area contributed by atoms with Crippen LogP contribution in [0.1, 0.15) is 33.9 Å². The number of nitrogens with zero attached hydrogens (tertiary/aromatic N) is 1. The number of hydrogen-bond acceptors (Lipinski definition) is 4. The average Bonchev–Trinajstić information content (AvgIpc) is 3.46. The first-order valence-corrected chi connectivity index (χ1v) is 17.0. The Bertz CT molecular complexity index is 2540. The van der Waals surface area contributed by atoms with E-state index in [1.165, 1.54) is 16.7 Å². The lowest BCUT2D eigenvalue weighted by molar-refractivity contribution is -0.137. The summed E-state index contributed by atoms with van der Waals surface area (Å²) in [6.45, 7) is -0.0224. The van der Waals surface area contributed by atoms with E-state index in [1.807, 2.05) is 48.5 Å². The number of rotatable bonds is 8. The van der Waals surface area contributed by atoms with E-state index in [2.05, 4.69) is 9.71 Å². The summed E-state index contributed by atoms with van der Waals surface area (Å²) in [4.78, 5) is 17.5. The highest BCUT2D eigenvalue weighted by Crippen LogP contribution is 2.42. The number of para-hydroxylation sites is 2. The highest BCUT2D eigenvalue weighted by Gasteiger charge is 2.33. The number of nitrogens with one attached hydrogen (secondary N) is 2. The second kappa shape index (κ2) is 12.2. The van der Waals surface area contributed by atoms with Gasteiger partial charge >= 0.3 is 6.18 Å². The topological polar surface area (TPSA) is 104 Å². The van der Waals surface area contributed by atoms with Crippen LogP contribution in [0.25, 0.3) is 32.6 Å². The number of fused-ring (bicyclic) bond motifs is 3. The van der Waals surface area contributed by atoms with E-state index in [1.54, 1.807) is 49.5 Å². The molecule has 0 bridgehead atoms. The molecule has 7 aromatic rings. The van der Waals surface area contributed by atoms with E-state index in [0.717, 1.165) is 28.3 Å². The van der Waals surface area contributed by atoms with Crippen molar-refractivity contribution in [3.63, 3.8) is 0 Å². The smallest absolute Gasteiger partial charge is 0.416 e. The van der Waals surface area contributed by atoms with E-state index in [-0.39, 0.29) is 29.2 Å². The fourth-order valence-corrected chi connectivity index (χ4v) is 7.64. The second-order valence-electron chi connectivity index (χ2n) is 11.9. The molecule has 11 heteroatoms. The summed E-state index contributed by atoms with van der Waals surface area (Å²) < 4.78 is 71.7. The van der Waals surface area contributed by atoms with Gasteiger partial charge in [0.15, 0.2) is 0 Å². The molecular formula is C38H30F3N3O4S. The van der Waals surface area contributed by atoms with Crippen molar-refractivity contribution in [2.45, 2.75) is 23.4 Å². The predicted molar refractivity (Wildman–Crippen MR) is 184 cm³/mol. The number of aromatic nitrogens is 2. The number of aryl methyl sites for hydroxylation is 1. The van der Waals surface area contributed by atoms with Gasteiger partial charge in [-0.05, 0) is 70.8 Å². The van der Waals surface area contributed by atoms with Crippen LogP contribution in [0.15, 0.2) is 125 Å². The Balaban J connectivity index is 1.36. The number of aromatic amines is 1. The molecule has 0 saturated heterocycles. The third kappa shape index (κ3) is 5.85. The van der Waals surface area contributed by atoms with Crippen LogP contribution in [0.4, 0.5) is 13.2 Å². The molecule has 3 N–H and O–H groups in total. The Morgan fingerprint density at radius 2 is 1.49 bits per heavy atom. The molecule has 0 amide bonds. The second-order valence-corrected chi connectivity index (χ2v) is 13.7. The number of sulfonamides is 1. The molecule has 1 unspecified atom stereocenters. The van der Waals surface area contributed by atoms with Crippen molar-refractivity contribution in [3.8, 4) is 5.75 Å². The third-order valence-corrected chi connectivity index (χ3v) is 10.5. The highest BCUT2D eigenvalue weighted by molar-refractivity contribution is 7.89. The van der Waals surface area contributed by atoms with Gasteiger partial charge in [-0.15, -0.1) is 0 Å². The van der Waals surface area contributed by atoms with Crippen molar-refractivity contribution >= 4 is 42.6 Å². The Kier molecular flexibility index (Phi) is 8.04. The van der Waals surface area contributed by atoms with Crippen LogP contribution in [0.5, 0.6) is 5.75 Å². The normalized spacial score (nSPS) is 13.0. The van der Waals surface area contributed by atoms with Crippen molar-refractivity contribution < 1.29 is 26.7 Å². The first-order chi connectivity index (χ1) is 23.4. The third-order valence-electron chi connectivity index (χ3n) is 9.00. The summed E-state index contributed by atoms with van der Waals surface area (Å²) in [5.41, 5.74) is 1.20. The lowest BCUT2D eigenvalue weighted by atomic mass is 9.84. The van der Waals surface area contributed by atoms with E-state index >= 15 is 0 Å². The molecule has 248 valence electrons. The number of pyridine rings is 1. The molecule has 2 heterocycles. The van der Waals surface area contributed by atoms with Crippen molar-refractivity contribution in [3.05, 3.63) is 154 Å². The molecule has 7 nitrogen and oxygen atoms in total. The fourth-order valence-electron chi connectivity index (χ4n) is 6.57. The molecule has 49 heavy (non-hydrogen) atoms. The molecule has 0 radical (unpaired) electrons. The number of H-pyrrole nitrogens is 1. The van der Waals surface area contributed by atoms with Gasteiger partial charge in [-0.3, -0.25) is 4.79 Å². The monoisotopic (exact) mass is 681 g/mol. The quantitative estimate of drug-likeness (QED) is 0.154. The summed E-state index contributed by atoms with van der Waals surface area (Å²) in [5.74, 6) is -1.32. The molecule has 0 aliphatic heterocycles. The first kappa shape index (κ1) is 32.2. The Morgan fingerprint density at radius 3 is 2.22 bits per heavy atom. The summed E-state index contributed by atoms with van der Waals surface area (Å²) in [7, 11) is -2.34. The van der Waals surface area contributed by atoms with Crippen LogP contribution in [0.2, 0.25) is 0 Å². The SMILES string of the molecule is Cn1c(=O)c(C(c2ccc(C(F)(F)F)cc2)c2[nH]c3ccccc3c2CCNS(=O)(=O)c2ccc3ccccc3c2)c(O)c2ccccc21.